The molecule has 0 aromatic heterocycles. The summed E-state index contributed by atoms with van der Waals surface area (Å²) in [5.41, 5.74) is 2.73. The molecule has 4 rings (SSSR count). The number of cyclic esters (lactones) is 1. The van der Waals surface area contributed by atoms with Crippen LogP contribution in [0, 0.1) is 0 Å². The number of hydrogen-bond acceptors (Lipinski definition) is 5. The summed E-state index contributed by atoms with van der Waals surface area (Å²) < 4.78 is 16.8. The van der Waals surface area contributed by atoms with E-state index in [1.165, 1.54) is 0 Å². The summed E-state index contributed by atoms with van der Waals surface area (Å²) in [4.78, 5) is 16.9. The van der Waals surface area contributed by atoms with E-state index in [-0.39, 0.29) is 5.97 Å². The quantitative estimate of drug-likeness (QED) is 0.571. The van der Waals surface area contributed by atoms with Gasteiger partial charge < -0.3 is 14.2 Å². The van der Waals surface area contributed by atoms with E-state index in [1.54, 1.807) is 7.11 Å². The largest absolute Gasteiger partial charge is 0.497 e. The Bertz CT molecular complexity index is 1020. The Labute approximate surface area is 169 Å². The molecule has 0 N–H and O–H groups in total. The van der Waals surface area contributed by atoms with Crippen molar-refractivity contribution in [3.8, 4) is 11.5 Å². The first-order valence-electron chi connectivity index (χ1n) is 9.41. The van der Waals surface area contributed by atoms with Crippen LogP contribution in [0.15, 0.2) is 83.9 Å². The average Bonchev–Trinajstić information content (AvgIpc) is 3.14. The van der Waals surface area contributed by atoms with Crippen LogP contribution in [0.5, 0.6) is 11.5 Å². The molecule has 0 amide bonds. The van der Waals surface area contributed by atoms with Crippen LogP contribution in [0.25, 0.3) is 0 Å². The van der Waals surface area contributed by atoms with Crippen LogP contribution in [0.3, 0.4) is 0 Å². The molecule has 0 saturated carbocycles. The normalized spacial score (nSPS) is 15.6. The van der Waals surface area contributed by atoms with Crippen molar-refractivity contribution in [3.63, 3.8) is 0 Å². The molecule has 0 aliphatic carbocycles. The van der Waals surface area contributed by atoms with Crippen molar-refractivity contribution in [2.24, 2.45) is 4.99 Å². The number of methoxy groups -OCH3 is 1. The van der Waals surface area contributed by atoms with Crippen molar-refractivity contribution < 1.29 is 19.0 Å². The molecule has 0 fully saturated rings. The highest BCUT2D eigenvalue weighted by Crippen LogP contribution is 2.28. The Balaban J connectivity index is 1.54. The van der Waals surface area contributed by atoms with E-state index in [4.69, 9.17) is 14.2 Å². The van der Waals surface area contributed by atoms with Gasteiger partial charge >= 0.3 is 5.97 Å². The number of nitrogens with zero attached hydrogens (tertiary/aromatic N) is 1. The number of esters is 1. The van der Waals surface area contributed by atoms with E-state index in [2.05, 4.69) is 4.99 Å². The number of carbonyl (C=O) groups excluding carboxylic acids is 1. The molecule has 1 atom stereocenters. The minimum Gasteiger partial charge on any atom is -0.497 e. The number of ether oxygens (including phenoxy) is 3. The second kappa shape index (κ2) is 8.61. The fourth-order valence-electron chi connectivity index (χ4n) is 3.14. The van der Waals surface area contributed by atoms with Gasteiger partial charge in [0.05, 0.1) is 7.11 Å². The molecule has 0 radical (unpaired) electrons. The number of hydrogen-bond donors (Lipinski definition) is 0. The van der Waals surface area contributed by atoms with Crippen molar-refractivity contribution in [2.45, 2.75) is 19.1 Å². The summed E-state index contributed by atoms with van der Waals surface area (Å²) in [7, 11) is 1.61. The van der Waals surface area contributed by atoms with E-state index >= 15 is 0 Å². The molecule has 3 aromatic rings. The topological polar surface area (TPSA) is 57.1 Å². The van der Waals surface area contributed by atoms with Gasteiger partial charge in [-0.25, -0.2) is 9.79 Å². The molecule has 1 heterocycles. The minimum atomic E-state index is -0.599. The van der Waals surface area contributed by atoms with Crippen LogP contribution in [-0.4, -0.2) is 25.0 Å². The van der Waals surface area contributed by atoms with Gasteiger partial charge in [0, 0.05) is 18.1 Å². The predicted molar refractivity (Wildman–Crippen MR) is 110 cm³/mol. The SMILES string of the molecule is COc1ccc(CC2N=C(c3ccccc3)OC2=O)c(OCc2ccccc2)c1. The Morgan fingerprint density at radius 1 is 0.966 bits per heavy atom. The summed E-state index contributed by atoms with van der Waals surface area (Å²) in [6.45, 7) is 0.425. The van der Waals surface area contributed by atoms with E-state index in [9.17, 15) is 4.79 Å². The fraction of sp³-hybridized carbons (Fsp3) is 0.167. The first-order valence-corrected chi connectivity index (χ1v) is 9.41. The van der Waals surface area contributed by atoms with E-state index in [0.717, 1.165) is 16.7 Å². The monoisotopic (exact) mass is 387 g/mol. The molecule has 0 bridgehead atoms. The van der Waals surface area contributed by atoms with Gasteiger partial charge in [-0.2, -0.15) is 0 Å². The Morgan fingerprint density at radius 2 is 1.69 bits per heavy atom. The van der Waals surface area contributed by atoms with Gasteiger partial charge in [-0.3, -0.25) is 0 Å². The standard InChI is InChI=1S/C24H21NO4/c1-27-20-13-12-19(22(15-20)28-16-17-8-4-2-5-9-17)14-21-24(26)29-23(25-21)18-10-6-3-7-11-18/h2-13,15,21H,14,16H2,1H3. The molecular formula is C24H21NO4. The Kier molecular flexibility index (Phi) is 5.56. The summed E-state index contributed by atoms with van der Waals surface area (Å²) in [6, 6.07) is 24.3. The summed E-state index contributed by atoms with van der Waals surface area (Å²) in [5, 5.41) is 0. The predicted octanol–water partition coefficient (Wildman–Crippen LogP) is 4.19. The molecule has 1 aliphatic rings. The van der Waals surface area contributed by atoms with E-state index in [1.807, 2.05) is 78.9 Å². The molecule has 29 heavy (non-hydrogen) atoms. The lowest BCUT2D eigenvalue weighted by molar-refractivity contribution is -0.134. The number of aliphatic imine (C=N–C) groups is 1. The second-order valence-electron chi connectivity index (χ2n) is 6.69. The minimum absolute atomic E-state index is 0.353. The van der Waals surface area contributed by atoms with E-state index < -0.39 is 6.04 Å². The van der Waals surface area contributed by atoms with Gasteiger partial charge in [-0.15, -0.1) is 0 Å². The highest BCUT2D eigenvalue weighted by Gasteiger charge is 2.30. The van der Waals surface area contributed by atoms with E-state index in [0.29, 0.717) is 30.4 Å². The first-order chi connectivity index (χ1) is 14.2. The van der Waals surface area contributed by atoms with Crippen LogP contribution >= 0.6 is 0 Å². The third-order valence-electron chi connectivity index (χ3n) is 4.69. The van der Waals surface area contributed by atoms with Gasteiger partial charge in [0.2, 0.25) is 5.90 Å². The van der Waals surface area contributed by atoms with Crippen molar-refractivity contribution in [3.05, 3.63) is 95.6 Å². The molecule has 1 aliphatic heterocycles. The summed E-state index contributed by atoms with van der Waals surface area (Å²) in [6.07, 6.45) is 0.392. The van der Waals surface area contributed by atoms with Crippen LogP contribution < -0.4 is 9.47 Å². The van der Waals surface area contributed by atoms with Gasteiger partial charge in [0.1, 0.15) is 18.1 Å². The van der Waals surface area contributed by atoms with Crippen LogP contribution in [0.1, 0.15) is 16.7 Å². The maximum Gasteiger partial charge on any atom is 0.338 e. The maximum atomic E-state index is 12.4. The van der Waals surface area contributed by atoms with Gasteiger partial charge in [-0.05, 0) is 29.3 Å². The zero-order valence-corrected chi connectivity index (χ0v) is 16.1. The van der Waals surface area contributed by atoms with Gasteiger partial charge in [0.15, 0.2) is 6.04 Å². The zero-order valence-electron chi connectivity index (χ0n) is 16.1. The lowest BCUT2D eigenvalue weighted by atomic mass is 10.1. The smallest absolute Gasteiger partial charge is 0.338 e. The zero-order chi connectivity index (χ0) is 20.1. The van der Waals surface area contributed by atoms with Gasteiger partial charge in [0.25, 0.3) is 0 Å². The number of carbonyl (C=O) groups is 1. The molecule has 0 saturated heterocycles. The lowest BCUT2D eigenvalue weighted by Gasteiger charge is -2.14. The van der Waals surface area contributed by atoms with Crippen molar-refractivity contribution in [2.75, 3.05) is 7.11 Å². The van der Waals surface area contributed by atoms with Gasteiger partial charge in [-0.1, -0.05) is 54.6 Å². The molecule has 5 heteroatoms. The Morgan fingerprint density at radius 3 is 2.41 bits per heavy atom. The second-order valence-corrected chi connectivity index (χ2v) is 6.69. The molecule has 3 aromatic carbocycles. The summed E-state index contributed by atoms with van der Waals surface area (Å²) in [5.74, 6) is 1.37. The highest BCUT2D eigenvalue weighted by atomic mass is 16.6. The summed E-state index contributed by atoms with van der Waals surface area (Å²) >= 11 is 0. The van der Waals surface area contributed by atoms with Crippen LogP contribution in [-0.2, 0) is 22.6 Å². The molecule has 0 spiro atoms. The first kappa shape index (κ1) is 18.7. The number of benzene rings is 3. The average molecular weight is 387 g/mol. The molecular weight excluding hydrogens is 366 g/mol. The fourth-order valence-corrected chi connectivity index (χ4v) is 3.14. The van der Waals surface area contributed by atoms with Crippen molar-refractivity contribution in [1.82, 2.24) is 0 Å². The maximum absolute atomic E-state index is 12.4. The molecule has 1 unspecified atom stereocenters. The third kappa shape index (κ3) is 4.46. The third-order valence-corrected chi connectivity index (χ3v) is 4.69. The Hall–Kier alpha value is -3.60. The lowest BCUT2D eigenvalue weighted by Crippen LogP contribution is -2.18. The molecule has 146 valence electrons. The van der Waals surface area contributed by atoms with Crippen LogP contribution in [0.4, 0.5) is 0 Å². The van der Waals surface area contributed by atoms with Crippen LogP contribution in [0.2, 0.25) is 0 Å². The molecule has 5 nitrogen and oxygen atoms in total. The van der Waals surface area contributed by atoms with Crippen molar-refractivity contribution >= 4 is 11.9 Å². The number of rotatable bonds is 7. The highest BCUT2D eigenvalue weighted by molar-refractivity contribution is 6.06. The van der Waals surface area contributed by atoms with Crippen molar-refractivity contribution in [1.29, 1.82) is 0 Å².